The normalized spacial score (nSPS) is 30.3. The number of carbonyl (C=O) groups excluding carboxylic acids is 2. The van der Waals surface area contributed by atoms with Gasteiger partial charge in [-0.05, 0) is 67.3 Å². The van der Waals surface area contributed by atoms with Crippen molar-refractivity contribution in [1.29, 1.82) is 0 Å². The summed E-state index contributed by atoms with van der Waals surface area (Å²) in [7, 11) is 0. The van der Waals surface area contributed by atoms with Gasteiger partial charge in [-0.1, -0.05) is 27.2 Å². The maximum atomic E-state index is 12.9. The Bertz CT molecular complexity index is 746. The van der Waals surface area contributed by atoms with Crippen LogP contribution in [0.1, 0.15) is 73.7 Å². The van der Waals surface area contributed by atoms with Crippen LogP contribution in [0.15, 0.2) is 0 Å². The van der Waals surface area contributed by atoms with Crippen molar-refractivity contribution in [2.24, 2.45) is 34.8 Å². The van der Waals surface area contributed by atoms with Gasteiger partial charge in [-0.3, -0.25) is 9.59 Å². The van der Waals surface area contributed by atoms with Crippen LogP contribution in [0.4, 0.5) is 5.00 Å². The Hall–Kier alpha value is -1.36. The van der Waals surface area contributed by atoms with Gasteiger partial charge in [-0.25, -0.2) is 0 Å². The maximum absolute atomic E-state index is 12.9. The average molecular weight is 375 g/mol. The Morgan fingerprint density at radius 2 is 1.92 bits per heavy atom. The highest BCUT2D eigenvalue weighted by Crippen LogP contribution is 2.49. The molecule has 0 aliphatic heterocycles. The minimum absolute atomic E-state index is 0.102. The molecule has 2 fully saturated rings. The molecule has 0 spiro atoms. The van der Waals surface area contributed by atoms with Crippen LogP contribution >= 0.6 is 11.3 Å². The fraction of sp³-hybridized carbons (Fsp3) is 0.714. The van der Waals surface area contributed by atoms with Gasteiger partial charge in [0.05, 0.1) is 5.56 Å². The van der Waals surface area contributed by atoms with Gasteiger partial charge in [0.2, 0.25) is 5.91 Å². The molecule has 4 rings (SSSR count). The molecule has 3 N–H and O–H groups in total. The van der Waals surface area contributed by atoms with Crippen molar-refractivity contribution in [1.82, 2.24) is 0 Å². The van der Waals surface area contributed by atoms with Crippen LogP contribution in [0, 0.1) is 29.1 Å². The molecule has 1 heterocycles. The highest BCUT2D eigenvalue weighted by atomic mass is 32.1. The van der Waals surface area contributed by atoms with Crippen LogP contribution in [0.2, 0.25) is 0 Å². The van der Waals surface area contributed by atoms with Crippen molar-refractivity contribution >= 4 is 28.2 Å². The third-order valence-electron chi connectivity index (χ3n) is 7.05. The molecule has 5 heteroatoms. The van der Waals surface area contributed by atoms with Crippen molar-refractivity contribution in [3.63, 3.8) is 0 Å². The van der Waals surface area contributed by atoms with Crippen LogP contribution in [-0.2, 0) is 17.6 Å². The number of nitrogens with one attached hydrogen (secondary N) is 1. The first-order valence-electron chi connectivity index (χ1n) is 9.99. The second-order valence-electron chi connectivity index (χ2n) is 9.65. The van der Waals surface area contributed by atoms with E-state index >= 15 is 0 Å². The van der Waals surface area contributed by atoms with Gasteiger partial charge in [-0.2, -0.15) is 0 Å². The fourth-order valence-corrected chi connectivity index (χ4v) is 6.78. The molecule has 1 aromatic heterocycles. The lowest BCUT2D eigenvalue weighted by molar-refractivity contribution is -0.121. The first-order chi connectivity index (χ1) is 12.2. The smallest absolute Gasteiger partial charge is 0.251 e. The van der Waals surface area contributed by atoms with Gasteiger partial charge in [-0.15, -0.1) is 11.3 Å². The zero-order valence-corrected chi connectivity index (χ0v) is 16.9. The first kappa shape index (κ1) is 18.0. The molecule has 142 valence electrons. The lowest BCUT2D eigenvalue weighted by Crippen LogP contribution is -2.28. The molecule has 26 heavy (non-hydrogen) atoms. The number of thiophene rings is 1. The zero-order valence-electron chi connectivity index (χ0n) is 16.1. The number of anilines is 1. The molecule has 1 aromatic rings. The van der Waals surface area contributed by atoms with Crippen LogP contribution in [0.5, 0.6) is 0 Å². The molecule has 2 bridgehead atoms. The number of hydrogen-bond acceptors (Lipinski definition) is 3. The number of fused-ring (bicyclic) bond motifs is 3. The minimum atomic E-state index is -0.403. The molecule has 4 atom stereocenters. The summed E-state index contributed by atoms with van der Waals surface area (Å²) < 4.78 is 0. The summed E-state index contributed by atoms with van der Waals surface area (Å²) in [5.74, 6) is 1.69. The number of carbonyl (C=O) groups is 2. The highest BCUT2D eigenvalue weighted by molar-refractivity contribution is 7.17. The molecule has 0 unspecified atom stereocenters. The quantitative estimate of drug-likeness (QED) is 0.824. The van der Waals surface area contributed by atoms with Gasteiger partial charge in [0, 0.05) is 10.8 Å². The minimum Gasteiger partial charge on any atom is -0.365 e. The Labute approximate surface area is 159 Å². The standard InChI is InChI=1S/C21H30N2O2S/c1-21(2,3)13-6-7-14-16(10-13)26-20(17(14)18(22)24)23-19(25)15-9-11-4-5-12(15)8-11/h11-13,15H,4-10H2,1-3H3,(H2,22,24)(H,23,25)/t11-,12-,13-,15-/m0/s1. The Morgan fingerprint density at radius 1 is 1.15 bits per heavy atom. The van der Waals surface area contributed by atoms with E-state index < -0.39 is 5.91 Å². The molecule has 2 amide bonds. The predicted octanol–water partition coefficient (Wildman–Crippen LogP) is 4.37. The summed E-state index contributed by atoms with van der Waals surface area (Å²) >= 11 is 1.58. The first-order valence-corrected chi connectivity index (χ1v) is 10.8. The van der Waals surface area contributed by atoms with E-state index in [0.29, 0.717) is 22.4 Å². The summed E-state index contributed by atoms with van der Waals surface area (Å²) in [5.41, 5.74) is 7.63. The van der Waals surface area contributed by atoms with Gasteiger partial charge in [0.15, 0.2) is 0 Å². The summed E-state index contributed by atoms with van der Waals surface area (Å²) in [6.45, 7) is 6.84. The van der Waals surface area contributed by atoms with Crippen molar-refractivity contribution in [2.75, 3.05) is 5.32 Å². The van der Waals surface area contributed by atoms with E-state index in [1.54, 1.807) is 11.3 Å². The lowest BCUT2D eigenvalue weighted by atomic mass is 9.72. The van der Waals surface area contributed by atoms with E-state index in [0.717, 1.165) is 37.2 Å². The number of hydrogen-bond donors (Lipinski definition) is 2. The fourth-order valence-electron chi connectivity index (χ4n) is 5.44. The van der Waals surface area contributed by atoms with E-state index in [-0.39, 0.29) is 17.2 Å². The molecular weight excluding hydrogens is 344 g/mol. The van der Waals surface area contributed by atoms with Gasteiger partial charge in [0.1, 0.15) is 5.00 Å². The van der Waals surface area contributed by atoms with E-state index in [4.69, 9.17) is 5.73 Å². The number of primary amides is 1. The number of amides is 2. The number of nitrogens with two attached hydrogens (primary N) is 1. The van der Waals surface area contributed by atoms with E-state index in [1.165, 1.54) is 24.1 Å². The molecule has 0 radical (unpaired) electrons. The summed E-state index contributed by atoms with van der Waals surface area (Å²) in [6.07, 6.45) is 7.62. The Kier molecular flexibility index (Phi) is 4.41. The third kappa shape index (κ3) is 3.08. The molecular formula is C21H30N2O2S. The molecule has 0 saturated heterocycles. The van der Waals surface area contributed by atoms with Crippen LogP contribution < -0.4 is 11.1 Å². The summed E-state index contributed by atoms with van der Waals surface area (Å²) in [6, 6.07) is 0. The molecule has 2 saturated carbocycles. The monoisotopic (exact) mass is 374 g/mol. The molecule has 3 aliphatic rings. The van der Waals surface area contributed by atoms with Gasteiger partial charge < -0.3 is 11.1 Å². The SMILES string of the molecule is CC(C)(C)[C@H]1CCc2c(sc(NC(=O)[C@H]3C[C@H]4CC[C@H]3C4)c2C(N)=O)C1. The van der Waals surface area contributed by atoms with Crippen LogP contribution in [-0.4, -0.2) is 11.8 Å². The number of rotatable bonds is 3. The molecule has 3 aliphatic carbocycles. The Balaban J connectivity index is 1.58. The third-order valence-corrected chi connectivity index (χ3v) is 8.22. The molecule has 4 nitrogen and oxygen atoms in total. The summed E-state index contributed by atoms with van der Waals surface area (Å²) in [5, 5.41) is 3.81. The van der Waals surface area contributed by atoms with Crippen molar-refractivity contribution in [2.45, 2.75) is 65.7 Å². The Morgan fingerprint density at radius 3 is 2.50 bits per heavy atom. The summed E-state index contributed by atoms with van der Waals surface area (Å²) in [4.78, 5) is 26.2. The van der Waals surface area contributed by atoms with Crippen LogP contribution in [0.25, 0.3) is 0 Å². The van der Waals surface area contributed by atoms with E-state index in [9.17, 15) is 9.59 Å². The highest BCUT2D eigenvalue weighted by Gasteiger charge is 2.43. The second-order valence-corrected chi connectivity index (χ2v) is 10.8. The lowest BCUT2D eigenvalue weighted by Gasteiger charge is -2.33. The van der Waals surface area contributed by atoms with E-state index in [2.05, 4.69) is 26.1 Å². The zero-order chi connectivity index (χ0) is 18.6. The predicted molar refractivity (Wildman–Crippen MR) is 105 cm³/mol. The van der Waals surface area contributed by atoms with Gasteiger partial charge in [0.25, 0.3) is 5.91 Å². The average Bonchev–Trinajstić information content (AvgIpc) is 3.26. The second kappa shape index (κ2) is 6.36. The van der Waals surface area contributed by atoms with Crippen molar-refractivity contribution in [3.05, 3.63) is 16.0 Å². The topological polar surface area (TPSA) is 72.2 Å². The maximum Gasteiger partial charge on any atom is 0.251 e. The molecule has 0 aromatic carbocycles. The van der Waals surface area contributed by atoms with Gasteiger partial charge >= 0.3 is 0 Å². The van der Waals surface area contributed by atoms with Crippen LogP contribution in [0.3, 0.4) is 0 Å². The van der Waals surface area contributed by atoms with Crippen molar-refractivity contribution < 1.29 is 9.59 Å². The van der Waals surface area contributed by atoms with E-state index in [1.807, 2.05) is 0 Å². The largest absolute Gasteiger partial charge is 0.365 e. The van der Waals surface area contributed by atoms with Crippen molar-refractivity contribution in [3.8, 4) is 0 Å².